The van der Waals surface area contributed by atoms with E-state index >= 15 is 0 Å². The van der Waals surface area contributed by atoms with Crippen molar-refractivity contribution in [2.75, 3.05) is 5.73 Å². The van der Waals surface area contributed by atoms with E-state index in [0.717, 1.165) is 42.3 Å². The third-order valence-corrected chi connectivity index (χ3v) is 4.98. The monoisotopic (exact) mass is 399 g/mol. The highest BCUT2D eigenvalue weighted by Crippen LogP contribution is 2.29. The summed E-state index contributed by atoms with van der Waals surface area (Å²) in [4.78, 5) is 26.2. The van der Waals surface area contributed by atoms with E-state index in [-0.39, 0.29) is 5.92 Å². The first-order valence-corrected chi connectivity index (χ1v) is 9.27. The molecule has 5 rings (SSSR count). The number of carboxylic acids is 1. The van der Waals surface area contributed by atoms with Crippen molar-refractivity contribution in [1.82, 2.24) is 19.9 Å². The highest BCUT2D eigenvalue weighted by atomic mass is 35.5. The van der Waals surface area contributed by atoms with Gasteiger partial charge in [0.05, 0.1) is 17.2 Å². The number of hydrogen-bond donors (Lipinski definition) is 3. The van der Waals surface area contributed by atoms with Gasteiger partial charge in [-0.25, -0.2) is 15.0 Å². The number of nitrogens with one attached hydrogen (secondary N) is 1. The number of anilines is 1. The molecule has 0 bridgehead atoms. The van der Waals surface area contributed by atoms with Gasteiger partial charge >= 0.3 is 5.97 Å². The largest absolute Gasteiger partial charge is 0.481 e. The Bertz CT molecular complexity index is 1150. The van der Waals surface area contributed by atoms with Crippen LogP contribution in [0.2, 0.25) is 5.02 Å². The lowest BCUT2D eigenvalue weighted by Gasteiger charge is -2.00. The Morgan fingerprint density at radius 1 is 1.32 bits per heavy atom. The fourth-order valence-electron chi connectivity index (χ4n) is 3.34. The summed E-state index contributed by atoms with van der Waals surface area (Å²) in [5.41, 5.74) is 8.56. The highest BCUT2D eigenvalue weighted by Gasteiger charge is 2.21. The molecule has 144 valence electrons. The normalized spacial score (nSPS) is 14.3. The van der Waals surface area contributed by atoms with Crippen LogP contribution < -0.4 is 5.73 Å². The Kier molecular flexibility index (Phi) is 4.87. The van der Waals surface area contributed by atoms with E-state index in [4.69, 9.17) is 26.9 Å². The van der Waals surface area contributed by atoms with E-state index in [0.29, 0.717) is 27.8 Å². The standard InChI is InChI=1S/C13H8ClN5O.C6H10O2/c14-6-3-7-8(5-17-12(7)16-4-6)13-18-9-1-2-20-10(9)11(15)19-13;7-6(8)5-3-1-2-4-5/h1-5H,(H,16,17)(H2,15,18,19);5H,1-4H2,(H,7,8). The maximum absolute atomic E-state index is 10.2. The molecule has 0 spiro atoms. The van der Waals surface area contributed by atoms with Crippen LogP contribution >= 0.6 is 11.6 Å². The van der Waals surface area contributed by atoms with E-state index in [2.05, 4.69) is 19.9 Å². The summed E-state index contributed by atoms with van der Waals surface area (Å²) in [6.07, 6.45) is 8.92. The lowest BCUT2D eigenvalue weighted by Crippen LogP contribution is -2.07. The fourth-order valence-corrected chi connectivity index (χ4v) is 3.50. The quantitative estimate of drug-likeness (QED) is 0.458. The van der Waals surface area contributed by atoms with E-state index in [1.165, 1.54) is 6.26 Å². The molecule has 0 unspecified atom stereocenters. The van der Waals surface area contributed by atoms with E-state index < -0.39 is 5.97 Å². The number of aliphatic carboxylic acids is 1. The topological polar surface area (TPSA) is 131 Å². The van der Waals surface area contributed by atoms with Crippen molar-refractivity contribution in [3.05, 3.63) is 35.8 Å². The van der Waals surface area contributed by atoms with Crippen LogP contribution in [-0.4, -0.2) is 31.0 Å². The molecule has 1 fully saturated rings. The Morgan fingerprint density at radius 2 is 2.11 bits per heavy atom. The van der Waals surface area contributed by atoms with Crippen molar-refractivity contribution in [1.29, 1.82) is 0 Å². The van der Waals surface area contributed by atoms with Gasteiger partial charge in [0, 0.05) is 29.4 Å². The molecule has 0 radical (unpaired) electrons. The molecule has 0 saturated heterocycles. The average molecular weight is 400 g/mol. The number of carbonyl (C=O) groups is 1. The number of nitrogens with zero attached hydrogens (tertiary/aromatic N) is 3. The zero-order valence-corrected chi connectivity index (χ0v) is 15.6. The maximum atomic E-state index is 10.2. The molecule has 8 nitrogen and oxygen atoms in total. The van der Waals surface area contributed by atoms with Gasteiger partial charge in [0.15, 0.2) is 17.2 Å². The Balaban J connectivity index is 0.000000203. The molecule has 0 aromatic carbocycles. The number of furan rings is 1. The van der Waals surface area contributed by atoms with Crippen LogP contribution in [0.15, 0.2) is 35.2 Å². The molecule has 1 aliphatic carbocycles. The summed E-state index contributed by atoms with van der Waals surface area (Å²) >= 11 is 5.99. The first-order valence-electron chi connectivity index (χ1n) is 8.89. The van der Waals surface area contributed by atoms with Crippen molar-refractivity contribution in [3.8, 4) is 11.4 Å². The Labute approximate surface area is 164 Å². The molecular formula is C19H18ClN5O3. The number of nitrogens with two attached hydrogens (primary N) is 1. The van der Waals surface area contributed by atoms with Gasteiger partial charge in [-0.05, 0) is 18.9 Å². The zero-order valence-electron chi connectivity index (χ0n) is 14.9. The second-order valence-electron chi connectivity index (χ2n) is 6.64. The SMILES string of the molecule is Nc1nc(-c2c[nH]c3ncc(Cl)cc23)nc2ccoc12.O=C(O)C1CCCC1. The van der Waals surface area contributed by atoms with Crippen LogP contribution in [0.5, 0.6) is 0 Å². The number of fused-ring (bicyclic) bond motifs is 2. The smallest absolute Gasteiger partial charge is 0.306 e. The number of H-pyrrole nitrogens is 1. The molecule has 1 saturated carbocycles. The molecule has 4 N–H and O–H groups in total. The first kappa shape index (κ1) is 18.2. The Hall–Kier alpha value is -3.13. The average Bonchev–Trinajstić information content (AvgIpc) is 3.42. The lowest BCUT2D eigenvalue weighted by atomic mass is 10.1. The first-order chi connectivity index (χ1) is 13.5. The lowest BCUT2D eigenvalue weighted by molar-refractivity contribution is -0.141. The molecule has 4 heterocycles. The minimum Gasteiger partial charge on any atom is -0.481 e. The number of hydrogen-bond acceptors (Lipinski definition) is 6. The van der Waals surface area contributed by atoms with Crippen molar-refractivity contribution in [2.24, 2.45) is 5.92 Å². The van der Waals surface area contributed by atoms with E-state index in [1.807, 2.05) is 6.07 Å². The van der Waals surface area contributed by atoms with Gasteiger partial charge in [-0.1, -0.05) is 24.4 Å². The van der Waals surface area contributed by atoms with Gasteiger partial charge in [-0.15, -0.1) is 0 Å². The van der Waals surface area contributed by atoms with Crippen LogP contribution in [0.25, 0.3) is 33.5 Å². The second kappa shape index (κ2) is 7.47. The molecule has 9 heteroatoms. The van der Waals surface area contributed by atoms with Crippen LogP contribution in [-0.2, 0) is 4.79 Å². The van der Waals surface area contributed by atoms with Crippen LogP contribution in [0.1, 0.15) is 25.7 Å². The Morgan fingerprint density at radius 3 is 2.82 bits per heavy atom. The van der Waals surface area contributed by atoms with E-state index in [1.54, 1.807) is 18.5 Å². The van der Waals surface area contributed by atoms with Crippen LogP contribution in [0.4, 0.5) is 5.82 Å². The number of rotatable bonds is 2. The number of carboxylic acid groups (broad SMARTS) is 1. The van der Waals surface area contributed by atoms with Gasteiger partial charge in [0.25, 0.3) is 0 Å². The number of aromatic amines is 1. The number of halogens is 1. The minimum absolute atomic E-state index is 0.0185. The highest BCUT2D eigenvalue weighted by molar-refractivity contribution is 6.31. The molecule has 0 amide bonds. The molecule has 0 aliphatic heterocycles. The predicted molar refractivity (Wildman–Crippen MR) is 106 cm³/mol. The number of nitrogen functional groups attached to an aromatic ring is 1. The second-order valence-corrected chi connectivity index (χ2v) is 7.08. The summed E-state index contributed by atoms with van der Waals surface area (Å²) in [7, 11) is 0. The van der Waals surface area contributed by atoms with Gasteiger partial charge < -0.3 is 20.2 Å². The molecule has 0 atom stereocenters. The summed E-state index contributed by atoms with van der Waals surface area (Å²) in [5, 5.41) is 9.81. The third kappa shape index (κ3) is 3.50. The van der Waals surface area contributed by atoms with Gasteiger partial charge in [0.1, 0.15) is 11.2 Å². The van der Waals surface area contributed by atoms with Crippen molar-refractivity contribution < 1.29 is 14.3 Å². The predicted octanol–water partition coefficient (Wildman–Crippen LogP) is 4.26. The maximum Gasteiger partial charge on any atom is 0.306 e. The summed E-state index contributed by atoms with van der Waals surface area (Å²) < 4.78 is 5.24. The number of aromatic nitrogens is 4. The van der Waals surface area contributed by atoms with E-state index in [9.17, 15) is 4.79 Å². The summed E-state index contributed by atoms with van der Waals surface area (Å²) in [5.74, 6) is 0.184. The zero-order chi connectivity index (χ0) is 19.7. The molecule has 4 aromatic rings. The minimum atomic E-state index is -0.609. The van der Waals surface area contributed by atoms with Gasteiger partial charge in [0.2, 0.25) is 0 Å². The third-order valence-electron chi connectivity index (χ3n) is 4.77. The van der Waals surface area contributed by atoms with Crippen LogP contribution in [0.3, 0.4) is 0 Å². The van der Waals surface area contributed by atoms with Crippen LogP contribution in [0, 0.1) is 5.92 Å². The van der Waals surface area contributed by atoms with Gasteiger partial charge in [-0.2, -0.15) is 0 Å². The molecular weight excluding hydrogens is 382 g/mol. The fraction of sp³-hybridized carbons (Fsp3) is 0.263. The van der Waals surface area contributed by atoms with Gasteiger partial charge in [-0.3, -0.25) is 4.79 Å². The molecule has 28 heavy (non-hydrogen) atoms. The summed E-state index contributed by atoms with van der Waals surface area (Å²) in [6.45, 7) is 0. The molecule has 1 aliphatic rings. The van der Waals surface area contributed by atoms with Crippen molar-refractivity contribution in [3.63, 3.8) is 0 Å². The van der Waals surface area contributed by atoms with Crippen molar-refractivity contribution >= 4 is 45.5 Å². The summed E-state index contributed by atoms with van der Waals surface area (Å²) in [6, 6.07) is 3.56. The van der Waals surface area contributed by atoms with Crippen molar-refractivity contribution in [2.45, 2.75) is 25.7 Å². The molecule has 4 aromatic heterocycles. The number of pyridine rings is 1.